The molecule has 6 nitrogen and oxygen atoms in total. The summed E-state index contributed by atoms with van der Waals surface area (Å²) in [7, 11) is -0.605. The second-order valence-corrected chi connectivity index (χ2v) is 8.56. The van der Waals surface area contributed by atoms with E-state index in [1.165, 1.54) is 20.2 Å². The van der Waals surface area contributed by atoms with Crippen LogP contribution in [0, 0.1) is 20.8 Å². The number of nitrogens with zero attached hydrogens (tertiary/aromatic N) is 1. The van der Waals surface area contributed by atoms with E-state index in [-0.39, 0.29) is 17.3 Å². The van der Waals surface area contributed by atoms with Crippen molar-refractivity contribution in [2.75, 3.05) is 31.3 Å². The average molecular weight is 375 g/mol. The number of nitrogens with one attached hydrogen (secondary N) is 2. The first kappa shape index (κ1) is 19.9. The maximum absolute atomic E-state index is 12.4. The number of rotatable bonds is 6. The number of para-hydroxylation sites is 1. The largest absolute Gasteiger partial charge is 0.376 e. The molecule has 0 aliphatic carbocycles. The quantitative estimate of drug-likeness (QED) is 0.814. The molecule has 0 saturated heterocycles. The van der Waals surface area contributed by atoms with Gasteiger partial charge in [-0.05, 0) is 49.6 Å². The predicted octanol–water partition coefficient (Wildman–Crippen LogP) is 2.91. The van der Waals surface area contributed by atoms with E-state index >= 15 is 0 Å². The molecule has 0 fully saturated rings. The van der Waals surface area contributed by atoms with Crippen LogP contribution >= 0.6 is 0 Å². The van der Waals surface area contributed by atoms with Crippen LogP contribution in [0.2, 0.25) is 0 Å². The molecule has 2 rings (SSSR count). The van der Waals surface area contributed by atoms with Crippen molar-refractivity contribution < 1.29 is 13.2 Å². The lowest BCUT2D eigenvalue weighted by Crippen LogP contribution is -2.24. The molecule has 2 aromatic carbocycles. The smallest absolute Gasteiger partial charge is 0.243 e. The molecule has 0 bridgehead atoms. The minimum Gasteiger partial charge on any atom is -0.376 e. The van der Waals surface area contributed by atoms with Gasteiger partial charge in [-0.2, -0.15) is 0 Å². The van der Waals surface area contributed by atoms with Gasteiger partial charge in [-0.25, -0.2) is 12.7 Å². The number of hydrogen-bond donors (Lipinski definition) is 2. The summed E-state index contributed by atoms with van der Waals surface area (Å²) >= 11 is 0. The predicted molar refractivity (Wildman–Crippen MR) is 105 cm³/mol. The van der Waals surface area contributed by atoms with Crippen LogP contribution in [0.5, 0.6) is 0 Å². The van der Waals surface area contributed by atoms with Gasteiger partial charge < -0.3 is 10.6 Å². The lowest BCUT2D eigenvalue weighted by atomic mass is 10.1. The molecule has 0 radical (unpaired) electrons. The highest BCUT2D eigenvalue weighted by Crippen LogP contribution is 2.23. The molecule has 0 saturated carbocycles. The molecule has 0 atom stereocenters. The Kier molecular flexibility index (Phi) is 6.05. The molecule has 0 aromatic heterocycles. The van der Waals surface area contributed by atoms with Crippen LogP contribution in [0.1, 0.15) is 16.7 Å². The Labute approximate surface area is 155 Å². The summed E-state index contributed by atoms with van der Waals surface area (Å²) in [5.41, 5.74) is 4.14. The fourth-order valence-corrected chi connectivity index (χ4v) is 3.76. The highest BCUT2D eigenvalue weighted by atomic mass is 32.2. The van der Waals surface area contributed by atoms with E-state index in [0.29, 0.717) is 11.3 Å². The second-order valence-electron chi connectivity index (χ2n) is 6.44. The molecule has 0 aliphatic heterocycles. The maximum atomic E-state index is 12.4. The Morgan fingerprint density at radius 1 is 1.00 bits per heavy atom. The van der Waals surface area contributed by atoms with Crippen LogP contribution in [-0.2, 0) is 14.8 Å². The van der Waals surface area contributed by atoms with E-state index < -0.39 is 10.0 Å². The Morgan fingerprint density at radius 3 is 2.19 bits per heavy atom. The summed E-state index contributed by atoms with van der Waals surface area (Å²) in [6, 6.07) is 10.8. The van der Waals surface area contributed by atoms with E-state index in [1.807, 2.05) is 32.0 Å². The van der Waals surface area contributed by atoms with Crippen molar-refractivity contribution in [3.05, 3.63) is 53.1 Å². The summed E-state index contributed by atoms with van der Waals surface area (Å²) in [6.45, 7) is 5.77. The van der Waals surface area contributed by atoms with Crippen molar-refractivity contribution in [2.45, 2.75) is 25.7 Å². The first-order valence-corrected chi connectivity index (χ1v) is 9.70. The zero-order chi connectivity index (χ0) is 19.5. The Hall–Kier alpha value is -2.38. The number of aryl methyl sites for hydroxylation is 3. The average Bonchev–Trinajstić information content (AvgIpc) is 2.56. The van der Waals surface area contributed by atoms with Gasteiger partial charge >= 0.3 is 0 Å². The number of anilines is 2. The third-order valence-electron chi connectivity index (χ3n) is 4.14. The zero-order valence-electron chi connectivity index (χ0n) is 15.8. The van der Waals surface area contributed by atoms with E-state index in [4.69, 9.17) is 0 Å². The Bertz CT molecular complexity index is 901. The molecule has 0 aliphatic rings. The lowest BCUT2D eigenvalue weighted by Gasteiger charge is -2.16. The van der Waals surface area contributed by atoms with Crippen LogP contribution in [0.15, 0.2) is 41.3 Å². The molecular weight excluding hydrogens is 350 g/mol. The molecule has 2 N–H and O–H groups in total. The van der Waals surface area contributed by atoms with Crippen LogP contribution in [0.4, 0.5) is 11.4 Å². The highest BCUT2D eigenvalue weighted by molar-refractivity contribution is 7.89. The topological polar surface area (TPSA) is 78.5 Å². The van der Waals surface area contributed by atoms with Gasteiger partial charge in [0.15, 0.2) is 0 Å². The fraction of sp³-hybridized carbons (Fsp3) is 0.316. The summed E-state index contributed by atoms with van der Waals surface area (Å²) in [6.07, 6.45) is 0. The third-order valence-corrected chi connectivity index (χ3v) is 6.09. The van der Waals surface area contributed by atoms with E-state index in [2.05, 4.69) is 10.6 Å². The van der Waals surface area contributed by atoms with Gasteiger partial charge in [0, 0.05) is 25.5 Å². The molecule has 7 heteroatoms. The number of carbonyl (C=O) groups is 1. The van der Waals surface area contributed by atoms with Gasteiger partial charge in [0.25, 0.3) is 0 Å². The molecule has 1 amide bonds. The summed E-state index contributed by atoms with van der Waals surface area (Å²) in [5, 5.41) is 5.88. The molecule has 2 aromatic rings. The van der Waals surface area contributed by atoms with Crippen molar-refractivity contribution in [3.63, 3.8) is 0 Å². The Balaban J connectivity index is 2.13. The van der Waals surface area contributed by atoms with Crippen molar-refractivity contribution in [3.8, 4) is 0 Å². The van der Waals surface area contributed by atoms with Gasteiger partial charge in [-0.3, -0.25) is 4.79 Å². The summed E-state index contributed by atoms with van der Waals surface area (Å²) in [4.78, 5) is 12.4. The van der Waals surface area contributed by atoms with Crippen molar-refractivity contribution in [1.29, 1.82) is 0 Å². The van der Waals surface area contributed by atoms with E-state index in [1.54, 1.807) is 19.1 Å². The van der Waals surface area contributed by atoms with E-state index in [9.17, 15) is 13.2 Å². The Morgan fingerprint density at radius 2 is 1.62 bits per heavy atom. The van der Waals surface area contributed by atoms with Crippen molar-refractivity contribution >= 4 is 27.3 Å². The molecule has 0 spiro atoms. The number of amides is 1. The van der Waals surface area contributed by atoms with Crippen LogP contribution in [0.3, 0.4) is 0 Å². The maximum Gasteiger partial charge on any atom is 0.243 e. The van der Waals surface area contributed by atoms with Crippen molar-refractivity contribution in [2.24, 2.45) is 0 Å². The normalized spacial score (nSPS) is 11.5. The van der Waals surface area contributed by atoms with Gasteiger partial charge in [-0.15, -0.1) is 0 Å². The SMILES string of the molecule is Cc1ccc(NC(=O)CNc2c(C)cccc2C)cc1S(=O)(=O)N(C)C. The minimum atomic E-state index is -3.57. The monoisotopic (exact) mass is 375 g/mol. The van der Waals surface area contributed by atoms with Gasteiger partial charge in [0.05, 0.1) is 11.4 Å². The second kappa shape index (κ2) is 7.88. The van der Waals surface area contributed by atoms with E-state index in [0.717, 1.165) is 21.1 Å². The fourth-order valence-electron chi connectivity index (χ4n) is 2.62. The first-order chi connectivity index (χ1) is 12.1. The number of carbonyl (C=O) groups excluding carboxylic acids is 1. The lowest BCUT2D eigenvalue weighted by molar-refractivity contribution is -0.114. The number of sulfonamides is 1. The molecule has 0 heterocycles. The van der Waals surface area contributed by atoms with Crippen LogP contribution < -0.4 is 10.6 Å². The summed E-state index contributed by atoms with van der Waals surface area (Å²) < 4.78 is 25.9. The van der Waals surface area contributed by atoms with Crippen LogP contribution in [-0.4, -0.2) is 39.3 Å². The highest BCUT2D eigenvalue weighted by Gasteiger charge is 2.20. The van der Waals surface area contributed by atoms with Gasteiger partial charge in [0.2, 0.25) is 15.9 Å². The third kappa shape index (κ3) is 4.42. The molecule has 140 valence electrons. The number of benzene rings is 2. The van der Waals surface area contributed by atoms with Gasteiger partial charge in [0.1, 0.15) is 0 Å². The first-order valence-electron chi connectivity index (χ1n) is 8.26. The minimum absolute atomic E-state index is 0.0926. The summed E-state index contributed by atoms with van der Waals surface area (Å²) in [5.74, 6) is -0.246. The van der Waals surface area contributed by atoms with Crippen LogP contribution in [0.25, 0.3) is 0 Å². The molecular formula is C19H25N3O3S. The number of hydrogen-bond acceptors (Lipinski definition) is 4. The van der Waals surface area contributed by atoms with Gasteiger partial charge in [-0.1, -0.05) is 24.3 Å². The molecule has 0 unspecified atom stereocenters. The molecule has 26 heavy (non-hydrogen) atoms. The van der Waals surface area contributed by atoms with Crippen molar-refractivity contribution in [1.82, 2.24) is 4.31 Å². The zero-order valence-corrected chi connectivity index (χ0v) is 16.6. The standard InChI is InChI=1S/C19H25N3O3S/c1-13-9-10-16(11-17(13)26(24,25)22(4)5)21-18(23)12-20-19-14(2)7-6-8-15(19)3/h6-11,20H,12H2,1-5H3,(H,21,23).